The molecule has 0 spiro atoms. The molecule has 5 heteroatoms. The molecule has 3 rings (SSSR count). The summed E-state index contributed by atoms with van der Waals surface area (Å²) in [6.07, 6.45) is 8.66. The average molecular weight is 276 g/mol. The number of fused-ring (bicyclic) bond motifs is 2. The number of piperidine rings is 1. The quantitative estimate of drug-likeness (QED) is 0.859. The van der Waals surface area contributed by atoms with Crippen molar-refractivity contribution in [3.63, 3.8) is 0 Å². The fraction of sp³-hybridized carbons (Fsp3) is 0.800. The van der Waals surface area contributed by atoms with Crippen LogP contribution >= 0.6 is 0 Å². The largest absolute Gasteiger partial charge is 0.311 e. The van der Waals surface area contributed by atoms with Gasteiger partial charge in [-0.25, -0.2) is 9.67 Å². The van der Waals surface area contributed by atoms with Crippen molar-refractivity contribution in [2.75, 3.05) is 0 Å². The summed E-state index contributed by atoms with van der Waals surface area (Å²) in [5.74, 6) is 1.72. The minimum atomic E-state index is 0.321. The summed E-state index contributed by atoms with van der Waals surface area (Å²) in [5, 5.41) is 7.81. The highest BCUT2D eigenvalue weighted by Gasteiger charge is 2.34. The van der Waals surface area contributed by atoms with Crippen LogP contribution in [0.15, 0.2) is 6.33 Å². The normalized spacial score (nSPS) is 28.8. The summed E-state index contributed by atoms with van der Waals surface area (Å²) in [6.45, 7) is 2.96. The molecule has 2 aliphatic heterocycles. The van der Waals surface area contributed by atoms with E-state index >= 15 is 0 Å². The number of nitrogens with one attached hydrogen (secondary N) is 1. The molecule has 0 aromatic carbocycles. The molecule has 2 fully saturated rings. The van der Waals surface area contributed by atoms with Gasteiger partial charge in [0.15, 0.2) is 0 Å². The van der Waals surface area contributed by atoms with Crippen LogP contribution in [-0.4, -0.2) is 32.6 Å². The van der Waals surface area contributed by atoms with Crippen molar-refractivity contribution in [2.24, 2.45) is 5.92 Å². The Morgan fingerprint density at radius 3 is 2.85 bits per heavy atom. The van der Waals surface area contributed by atoms with Gasteiger partial charge in [-0.2, -0.15) is 5.10 Å². The molecule has 20 heavy (non-hydrogen) atoms. The third-order valence-corrected chi connectivity index (χ3v) is 4.57. The van der Waals surface area contributed by atoms with Crippen molar-refractivity contribution in [1.82, 2.24) is 20.1 Å². The zero-order chi connectivity index (χ0) is 13.9. The monoisotopic (exact) mass is 276 g/mol. The number of rotatable bonds is 6. The molecule has 0 amide bonds. The lowest BCUT2D eigenvalue weighted by Crippen LogP contribution is -2.38. The Morgan fingerprint density at radius 1 is 1.40 bits per heavy atom. The molecule has 1 N–H and O–H groups in total. The molecule has 0 saturated carbocycles. The maximum atomic E-state index is 12.3. The maximum absolute atomic E-state index is 12.3. The molecule has 2 aliphatic rings. The van der Waals surface area contributed by atoms with E-state index < -0.39 is 0 Å². The minimum absolute atomic E-state index is 0.321. The first-order valence-corrected chi connectivity index (χ1v) is 7.89. The maximum Gasteiger partial charge on any atom is 0.140 e. The first-order chi connectivity index (χ1) is 9.74. The van der Waals surface area contributed by atoms with Gasteiger partial charge in [0.25, 0.3) is 0 Å². The van der Waals surface area contributed by atoms with E-state index in [4.69, 9.17) is 0 Å². The second-order valence-electron chi connectivity index (χ2n) is 6.29. The Morgan fingerprint density at radius 2 is 2.15 bits per heavy atom. The van der Waals surface area contributed by atoms with E-state index in [9.17, 15) is 4.79 Å². The van der Waals surface area contributed by atoms with Crippen molar-refractivity contribution in [2.45, 2.75) is 70.5 Å². The van der Waals surface area contributed by atoms with Gasteiger partial charge in [0.2, 0.25) is 0 Å². The van der Waals surface area contributed by atoms with Crippen molar-refractivity contribution in [3.05, 3.63) is 12.2 Å². The van der Waals surface area contributed by atoms with Crippen LogP contribution in [0.2, 0.25) is 0 Å². The number of aromatic nitrogens is 3. The number of hydrogen-bond acceptors (Lipinski definition) is 4. The Balaban J connectivity index is 1.53. The molecule has 1 aromatic heterocycles. The third-order valence-electron chi connectivity index (χ3n) is 4.57. The van der Waals surface area contributed by atoms with Crippen LogP contribution in [0, 0.1) is 5.92 Å². The number of aryl methyl sites for hydroxylation is 1. The number of ketones is 1. The zero-order valence-electron chi connectivity index (χ0n) is 12.2. The molecule has 2 saturated heterocycles. The SMILES string of the molecule is CCCn1ncnc1CC(=O)CC1CC2CCC(C1)N2. The average Bonchev–Trinajstić information content (AvgIpc) is 2.97. The van der Waals surface area contributed by atoms with Gasteiger partial charge in [-0.1, -0.05) is 6.92 Å². The molecule has 2 unspecified atom stereocenters. The second kappa shape index (κ2) is 6.04. The lowest BCUT2D eigenvalue weighted by atomic mass is 9.87. The molecule has 2 atom stereocenters. The number of Topliss-reactive ketones (excluding diaryl/α,β-unsaturated/α-hetero) is 1. The predicted octanol–water partition coefficient (Wildman–Crippen LogP) is 1.72. The molecule has 5 nitrogen and oxygen atoms in total. The highest BCUT2D eigenvalue weighted by Crippen LogP contribution is 2.32. The molecule has 3 heterocycles. The third kappa shape index (κ3) is 3.08. The van der Waals surface area contributed by atoms with Crippen LogP contribution in [-0.2, 0) is 17.8 Å². The molecular weight excluding hydrogens is 252 g/mol. The molecule has 2 bridgehead atoms. The van der Waals surface area contributed by atoms with Crippen molar-refractivity contribution >= 4 is 5.78 Å². The number of nitrogens with zero attached hydrogens (tertiary/aromatic N) is 3. The van der Waals surface area contributed by atoms with E-state index in [0.29, 0.717) is 36.6 Å². The summed E-state index contributed by atoms with van der Waals surface area (Å²) in [7, 11) is 0. The van der Waals surface area contributed by atoms with Crippen LogP contribution in [0.4, 0.5) is 0 Å². The summed E-state index contributed by atoms with van der Waals surface area (Å²) >= 11 is 0. The fourth-order valence-electron chi connectivity index (χ4n) is 3.74. The van der Waals surface area contributed by atoms with Gasteiger partial charge in [-0.3, -0.25) is 4.79 Å². The highest BCUT2D eigenvalue weighted by atomic mass is 16.1. The van der Waals surface area contributed by atoms with Gasteiger partial charge < -0.3 is 5.32 Å². The molecule has 110 valence electrons. The molecule has 0 aliphatic carbocycles. The molecule has 0 radical (unpaired) electrons. The summed E-state index contributed by atoms with van der Waals surface area (Å²) in [6, 6.07) is 1.32. The van der Waals surface area contributed by atoms with Crippen molar-refractivity contribution < 1.29 is 4.79 Å². The van der Waals surface area contributed by atoms with Crippen LogP contribution < -0.4 is 5.32 Å². The van der Waals surface area contributed by atoms with Gasteiger partial charge in [-0.05, 0) is 38.0 Å². The van der Waals surface area contributed by atoms with Gasteiger partial charge in [0.05, 0.1) is 6.42 Å². The van der Waals surface area contributed by atoms with Crippen LogP contribution in [0.1, 0.15) is 51.3 Å². The van der Waals surface area contributed by atoms with Crippen LogP contribution in [0.25, 0.3) is 0 Å². The fourth-order valence-corrected chi connectivity index (χ4v) is 3.74. The van der Waals surface area contributed by atoms with Crippen LogP contribution in [0.5, 0.6) is 0 Å². The Kier molecular flexibility index (Phi) is 4.15. The smallest absolute Gasteiger partial charge is 0.140 e. The van der Waals surface area contributed by atoms with Gasteiger partial charge in [0.1, 0.15) is 17.9 Å². The van der Waals surface area contributed by atoms with Gasteiger partial charge in [0, 0.05) is 25.0 Å². The van der Waals surface area contributed by atoms with E-state index in [1.807, 2.05) is 4.68 Å². The van der Waals surface area contributed by atoms with E-state index in [0.717, 1.165) is 18.8 Å². The summed E-state index contributed by atoms with van der Waals surface area (Å²) in [5.41, 5.74) is 0. The van der Waals surface area contributed by atoms with E-state index in [1.165, 1.54) is 25.7 Å². The van der Waals surface area contributed by atoms with Gasteiger partial charge >= 0.3 is 0 Å². The van der Waals surface area contributed by atoms with Crippen LogP contribution in [0.3, 0.4) is 0 Å². The Hall–Kier alpha value is -1.23. The lowest BCUT2D eigenvalue weighted by molar-refractivity contribution is -0.119. The standard InChI is InChI=1S/C15H24N4O/c1-2-5-19-15(16-10-17-19)9-14(20)8-11-6-12-3-4-13(7-11)18-12/h10-13,18H,2-9H2,1H3. The Bertz CT molecular complexity index is 458. The highest BCUT2D eigenvalue weighted by molar-refractivity contribution is 5.80. The lowest BCUT2D eigenvalue weighted by Gasteiger charge is -2.28. The number of carbonyl (C=O) groups is 1. The molecular formula is C15H24N4O. The summed E-state index contributed by atoms with van der Waals surface area (Å²) in [4.78, 5) is 16.5. The van der Waals surface area contributed by atoms with Gasteiger partial charge in [-0.15, -0.1) is 0 Å². The van der Waals surface area contributed by atoms with Crippen molar-refractivity contribution in [1.29, 1.82) is 0 Å². The topological polar surface area (TPSA) is 59.8 Å². The number of hydrogen-bond donors (Lipinski definition) is 1. The Labute approximate surface area is 120 Å². The van der Waals surface area contributed by atoms with E-state index in [-0.39, 0.29) is 0 Å². The van der Waals surface area contributed by atoms with E-state index in [2.05, 4.69) is 22.3 Å². The predicted molar refractivity (Wildman–Crippen MR) is 76.3 cm³/mol. The molecule has 1 aromatic rings. The first-order valence-electron chi connectivity index (χ1n) is 7.89. The summed E-state index contributed by atoms with van der Waals surface area (Å²) < 4.78 is 1.87. The zero-order valence-corrected chi connectivity index (χ0v) is 12.2. The van der Waals surface area contributed by atoms with E-state index in [1.54, 1.807) is 6.33 Å². The second-order valence-corrected chi connectivity index (χ2v) is 6.29. The minimum Gasteiger partial charge on any atom is -0.311 e. The van der Waals surface area contributed by atoms with Crippen molar-refractivity contribution in [3.8, 4) is 0 Å². The first kappa shape index (κ1) is 13.7. The number of carbonyl (C=O) groups excluding carboxylic acids is 1.